The van der Waals surface area contributed by atoms with E-state index in [-0.39, 0.29) is 0 Å². The standard InChI is InChI=1S/C19H20N2O3/c1-24-16-8-6-14(7-9-16)10-12-20-18(22)19(23)21-13-11-15-4-2-3-5-17(15)21/h2-9H,10-13H2,1H3,(H,20,22). The van der Waals surface area contributed by atoms with Crippen molar-refractivity contribution in [1.82, 2.24) is 5.32 Å². The average Bonchev–Trinajstić information content (AvgIpc) is 3.05. The van der Waals surface area contributed by atoms with Gasteiger partial charge in [-0.05, 0) is 42.2 Å². The molecule has 1 aliphatic rings. The van der Waals surface area contributed by atoms with Gasteiger partial charge in [0.15, 0.2) is 0 Å². The molecule has 0 atom stereocenters. The molecule has 0 spiro atoms. The van der Waals surface area contributed by atoms with Crippen molar-refractivity contribution in [3.63, 3.8) is 0 Å². The summed E-state index contributed by atoms with van der Waals surface area (Å²) >= 11 is 0. The monoisotopic (exact) mass is 324 g/mol. The van der Waals surface area contributed by atoms with E-state index < -0.39 is 11.8 Å². The third-order valence-electron chi connectivity index (χ3n) is 4.18. The average molecular weight is 324 g/mol. The molecule has 0 aliphatic carbocycles. The van der Waals surface area contributed by atoms with Gasteiger partial charge in [-0.3, -0.25) is 9.59 Å². The third-order valence-corrected chi connectivity index (χ3v) is 4.18. The third kappa shape index (κ3) is 3.40. The van der Waals surface area contributed by atoms with Crippen molar-refractivity contribution >= 4 is 17.5 Å². The lowest BCUT2D eigenvalue weighted by molar-refractivity contribution is -0.137. The lowest BCUT2D eigenvalue weighted by Crippen LogP contribution is -2.43. The Morgan fingerprint density at radius 1 is 1.12 bits per heavy atom. The fraction of sp³-hybridized carbons (Fsp3) is 0.263. The zero-order valence-electron chi connectivity index (χ0n) is 13.6. The van der Waals surface area contributed by atoms with Crippen LogP contribution in [0.25, 0.3) is 0 Å². The Morgan fingerprint density at radius 3 is 2.62 bits per heavy atom. The minimum Gasteiger partial charge on any atom is -0.497 e. The second-order valence-corrected chi connectivity index (χ2v) is 5.69. The van der Waals surface area contributed by atoms with Crippen LogP contribution in [0.2, 0.25) is 0 Å². The van der Waals surface area contributed by atoms with Crippen LogP contribution in [0.3, 0.4) is 0 Å². The highest BCUT2D eigenvalue weighted by Gasteiger charge is 2.28. The SMILES string of the molecule is COc1ccc(CCNC(=O)C(=O)N2CCc3ccccc32)cc1. The van der Waals surface area contributed by atoms with Gasteiger partial charge in [0.25, 0.3) is 0 Å². The van der Waals surface area contributed by atoms with Crippen LogP contribution < -0.4 is 15.0 Å². The van der Waals surface area contributed by atoms with E-state index in [0.29, 0.717) is 19.5 Å². The van der Waals surface area contributed by atoms with Crippen molar-refractivity contribution in [2.75, 3.05) is 25.1 Å². The molecule has 5 nitrogen and oxygen atoms in total. The van der Waals surface area contributed by atoms with Gasteiger partial charge in [0.1, 0.15) is 5.75 Å². The topological polar surface area (TPSA) is 58.6 Å². The largest absolute Gasteiger partial charge is 0.497 e. The smallest absolute Gasteiger partial charge is 0.316 e. The van der Waals surface area contributed by atoms with Gasteiger partial charge in [0.05, 0.1) is 7.11 Å². The number of fused-ring (bicyclic) bond motifs is 1. The summed E-state index contributed by atoms with van der Waals surface area (Å²) in [5.74, 6) is -0.249. The Bertz CT molecular complexity index is 741. The molecule has 0 bridgehead atoms. The first-order chi connectivity index (χ1) is 11.7. The number of hydrogen-bond acceptors (Lipinski definition) is 3. The van der Waals surface area contributed by atoms with Crippen molar-refractivity contribution in [1.29, 1.82) is 0 Å². The molecule has 0 fully saturated rings. The fourth-order valence-corrected chi connectivity index (χ4v) is 2.86. The van der Waals surface area contributed by atoms with Gasteiger partial charge < -0.3 is 15.0 Å². The number of methoxy groups -OCH3 is 1. The molecular formula is C19H20N2O3. The first kappa shape index (κ1) is 16.1. The lowest BCUT2D eigenvalue weighted by Gasteiger charge is -2.16. The van der Waals surface area contributed by atoms with Crippen LogP contribution in [0.15, 0.2) is 48.5 Å². The van der Waals surface area contributed by atoms with Gasteiger partial charge >= 0.3 is 11.8 Å². The van der Waals surface area contributed by atoms with Crippen molar-refractivity contribution in [2.45, 2.75) is 12.8 Å². The molecule has 1 N–H and O–H groups in total. The van der Waals surface area contributed by atoms with E-state index in [1.807, 2.05) is 48.5 Å². The number of para-hydroxylation sites is 1. The van der Waals surface area contributed by atoms with E-state index in [2.05, 4.69) is 5.32 Å². The zero-order chi connectivity index (χ0) is 16.9. The van der Waals surface area contributed by atoms with Crippen molar-refractivity contribution in [2.24, 2.45) is 0 Å². The molecule has 2 aromatic carbocycles. The molecule has 2 amide bonds. The maximum atomic E-state index is 12.3. The summed E-state index contributed by atoms with van der Waals surface area (Å²) in [6, 6.07) is 15.4. The normalized spacial score (nSPS) is 12.6. The number of amides is 2. The number of nitrogens with zero attached hydrogens (tertiary/aromatic N) is 1. The number of carbonyl (C=O) groups is 2. The number of ether oxygens (including phenoxy) is 1. The molecule has 1 heterocycles. The number of benzene rings is 2. The highest BCUT2D eigenvalue weighted by molar-refractivity contribution is 6.40. The second kappa shape index (κ2) is 7.17. The molecule has 0 aromatic heterocycles. The van der Waals surface area contributed by atoms with Crippen LogP contribution in [-0.4, -0.2) is 32.0 Å². The maximum absolute atomic E-state index is 12.3. The van der Waals surface area contributed by atoms with Crippen LogP contribution in [0.1, 0.15) is 11.1 Å². The summed E-state index contributed by atoms with van der Waals surface area (Å²) in [6.07, 6.45) is 1.46. The van der Waals surface area contributed by atoms with Crippen LogP contribution in [0.4, 0.5) is 5.69 Å². The zero-order valence-corrected chi connectivity index (χ0v) is 13.6. The Morgan fingerprint density at radius 2 is 1.88 bits per heavy atom. The first-order valence-corrected chi connectivity index (χ1v) is 7.99. The van der Waals surface area contributed by atoms with Gasteiger partial charge in [0.2, 0.25) is 0 Å². The highest BCUT2D eigenvalue weighted by atomic mass is 16.5. The van der Waals surface area contributed by atoms with Crippen molar-refractivity contribution in [3.8, 4) is 5.75 Å². The van der Waals surface area contributed by atoms with E-state index in [1.54, 1.807) is 12.0 Å². The van der Waals surface area contributed by atoms with E-state index in [9.17, 15) is 9.59 Å². The molecule has 2 aromatic rings. The lowest BCUT2D eigenvalue weighted by atomic mass is 10.1. The van der Waals surface area contributed by atoms with Crippen molar-refractivity contribution in [3.05, 3.63) is 59.7 Å². The van der Waals surface area contributed by atoms with E-state index >= 15 is 0 Å². The van der Waals surface area contributed by atoms with Crippen LogP contribution in [-0.2, 0) is 22.4 Å². The molecule has 24 heavy (non-hydrogen) atoms. The van der Waals surface area contributed by atoms with E-state index in [1.165, 1.54) is 0 Å². The molecule has 124 valence electrons. The van der Waals surface area contributed by atoms with Gasteiger partial charge in [0, 0.05) is 18.8 Å². The van der Waals surface area contributed by atoms with Gasteiger partial charge in [-0.2, -0.15) is 0 Å². The predicted molar refractivity (Wildman–Crippen MR) is 92.2 cm³/mol. The maximum Gasteiger partial charge on any atom is 0.316 e. The molecule has 5 heteroatoms. The van der Waals surface area contributed by atoms with Gasteiger partial charge in [-0.25, -0.2) is 0 Å². The first-order valence-electron chi connectivity index (χ1n) is 7.99. The second-order valence-electron chi connectivity index (χ2n) is 5.69. The Kier molecular flexibility index (Phi) is 4.79. The van der Waals surface area contributed by atoms with Gasteiger partial charge in [-0.15, -0.1) is 0 Å². The fourth-order valence-electron chi connectivity index (χ4n) is 2.86. The van der Waals surface area contributed by atoms with E-state index in [4.69, 9.17) is 4.74 Å². The molecule has 3 rings (SSSR count). The van der Waals surface area contributed by atoms with E-state index in [0.717, 1.165) is 29.0 Å². The van der Waals surface area contributed by atoms with Crippen LogP contribution in [0.5, 0.6) is 5.75 Å². The highest BCUT2D eigenvalue weighted by Crippen LogP contribution is 2.27. The summed E-state index contributed by atoms with van der Waals surface area (Å²) < 4.78 is 5.11. The summed E-state index contributed by atoms with van der Waals surface area (Å²) in [5.41, 5.74) is 3.03. The minimum atomic E-state index is -0.555. The number of hydrogen-bond donors (Lipinski definition) is 1. The Hall–Kier alpha value is -2.82. The number of nitrogens with one attached hydrogen (secondary N) is 1. The Labute approximate surface area is 141 Å². The molecule has 0 unspecified atom stereocenters. The van der Waals surface area contributed by atoms with Gasteiger partial charge in [-0.1, -0.05) is 30.3 Å². The Balaban J connectivity index is 1.52. The molecule has 1 aliphatic heterocycles. The van der Waals surface area contributed by atoms with Crippen molar-refractivity contribution < 1.29 is 14.3 Å². The van der Waals surface area contributed by atoms with Crippen LogP contribution >= 0.6 is 0 Å². The quantitative estimate of drug-likeness (QED) is 0.875. The predicted octanol–water partition coefficient (Wildman–Crippen LogP) is 1.94. The molecule has 0 radical (unpaired) electrons. The summed E-state index contributed by atoms with van der Waals surface area (Å²) in [6.45, 7) is 0.983. The number of carbonyl (C=O) groups excluding carboxylic acids is 2. The minimum absolute atomic E-state index is 0.423. The summed E-state index contributed by atoms with van der Waals surface area (Å²) in [5, 5.41) is 2.71. The number of anilines is 1. The summed E-state index contributed by atoms with van der Waals surface area (Å²) in [7, 11) is 1.62. The molecule has 0 saturated heterocycles. The van der Waals surface area contributed by atoms with Crippen LogP contribution in [0, 0.1) is 0 Å². The molecular weight excluding hydrogens is 304 g/mol. The number of rotatable bonds is 4. The molecule has 0 saturated carbocycles. The summed E-state index contributed by atoms with van der Waals surface area (Å²) in [4.78, 5) is 26.0.